The van der Waals surface area contributed by atoms with Crippen LogP contribution in [-0.2, 0) is 26.2 Å². The number of rotatable bonds is 8. The lowest BCUT2D eigenvalue weighted by Crippen LogP contribution is -2.55. The number of aryl methyl sites for hydroxylation is 1. The summed E-state index contributed by atoms with van der Waals surface area (Å²) in [6, 6.07) is 5.35. The highest BCUT2D eigenvalue weighted by molar-refractivity contribution is 5.98. The molecule has 0 bridgehead atoms. The molecule has 7 heteroatoms. The lowest BCUT2D eigenvalue weighted by molar-refractivity contribution is -0.151. The van der Waals surface area contributed by atoms with Crippen molar-refractivity contribution in [3.05, 3.63) is 34.9 Å². The number of amides is 2. The zero-order valence-electron chi connectivity index (χ0n) is 24.8. The van der Waals surface area contributed by atoms with Crippen molar-refractivity contribution < 1.29 is 19.1 Å². The van der Waals surface area contributed by atoms with Gasteiger partial charge in [0.05, 0.1) is 13.0 Å². The monoisotopic (exact) mass is 527 g/mol. The van der Waals surface area contributed by atoms with Crippen LogP contribution in [0.1, 0.15) is 108 Å². The van der Waals surface area contributed by atoms with E-state index in [0.717, 1.165) is 32.1 Å². The maximum atomic E-state index is 13.5. The molecule has 1 aromatic rings. The third-order valence-electron chi connectivity index (χ3n) is 7.88. The number of carbonyl (C=O) groups is 3. The van der Waals surface area contributed by atoms with Crippen molar-refractivity contribution in [2.24, 2.45) is 5.92 Å². The number of unbranched alkanes of at least 4 members (excludes halogenated alkanes) is 1. The molecule has 1 heterocycles. The third kappa shape index (κ3) is 7.37. The van der Waals surface area contributed by atoms with Crippen LogP contribution < -0.4 is 10.6 Å². The van der Waals surface area contributed by atoms with E-state index in [1.807, 2.05) is 17.0 Å². The van der Waals surface area contributed by atoms with E-state index in [-0.39, 0.29) is 46.7 Å². The molecule has 1 aromatic carbocycles. The van der Waals surface area contributed by atoms with E-state index >= 15 is 0 Å². The molecular formula is C31H49N3O4. The first-order valence-corrected chi connectivity index (χ1v) is 14.4. The highest BCUT2D eigenvalue weighted by Crippen LogP contribution is 2.33. The van der Waals surface area contributed by atoms with Crippen LogP contribution in [0.15, 0.2) is 18.2 Å². The van der Waals surface area contributed by atoms with Crippen LogP contribution in [-0.4, -0.2) is 60.0 Å². The van der Waals surface area contributed by atoms with E-state index in [1.54, 1.807) is 0 Å². The Morgan fingerprint density at radius 2 is 1.79 bits per heavy atom. The molecule has 212 valence electrons. The van der Waals surface area contributed by atoms with E-state index in [4.69, 9.17) is 4.74 Å². The summed E-state index contributed by atoms with van der Waals surface area (Å²) in [5.74, 6) is -0.971. The topological polar surface area (TPSA) is 87.7 Å². The minimum absolute atomic E-state index is 0.0575. The smallest absolute Gasteiger partial charge is 0.310 e. The molecule has 2 aliphatic rings. The van der Waals surface area contributed by atoms with Crippen molar-refractivity contribution in [1.29, 1.82) is 0 Å². The Morgan fingerprint density at radius 3 is 2.39 bits per heavy atom. The molecule has 2 N–H and O–H groups in total. The van der Waals surface area contributed by atoms with Crippen molar-refractivity contribution in [3.63, 3.8) is 0 Å². The molecule has 7 nitrogen and oxygen atoms in total. The van der Waals surface area contributed by atoms with Crippen LogP contribution in [0.2, 0.25) is 0 Å². The van der Waals surface area contributed by atoms with E-state index in [1.165, 1.54) is 18.2 Å². The zero-order valence-corrected chi connectivity index (χ0v) is 24.8. The Bertz CT molecular complexity index is 1010. The fraction of sp³-hybridized carbons (Fsp3) is 0.710. The molecule has 2 fully saturated rings. The molecule has 1 saturated heterocycles. The summed E-state index contributed by atoms with van der Waals surface area (Å²) in [5, 5.41) is 6.60. The number of benzene rings is 1. The van der Waals surface area contributed by atoms with Gasteiger partial charge in [0, 0.05) is 29.7 Å². The predicted octanol–water partition coefficient (Wildman–Crippen LogP) is 4.76. The van der Waals surface area contributed by atoms with Crippen molar-refractivity contribution in [2.75, 3.05) is 13.7 Å². The van der Waals surface area contributed by atoms with Gasteiger partial charge in [-0.25, -0.2) is 0 Å². The molecule has 38 heavy (non-hydrogen) atoms. The number of nitrogens with zero attached hydrogens (tertiary/aromatic N) is 1. The van der Waals surface area contributed by atoms with Gasteiger partial charge in [0.1, 0.15) is 6.04 Å². The zero-order chi connectivity index (χ0) is 28.3. The fourth-order valence-electron chi connectivity index (χ4n) is 6.08. The second-order valence-electron chi connectivity index (χ2n) is 13.2. The highest BCUT2D eigenvalue weighted by Gasteiger charge is 2.45. The first-order valence-electron chi connectivity index (χ1n) is 14.4. The Labute approximate surface area is 229 Å². The number of hydrogen-bond acceptors (Lipinski definition) is 5. The number of methoxy groups -OCH3 is 1. The van der Waals surface area contributed by atoms with Crippen molar-refractivity contribution >= 4 is 17.8 Å². The molecule has 0 radical (unpaired) electrons. The largest absolute Gasteiger partial charge is 0.469 e. The summed E-state index contributed by atoms with van der Waals surface area (Å²) >= 11 is 0. The predicted molar refractivity (Wildman–Crippen MR) is 151 cm³/mol. The maximum absolute atomic E-state index is 13.5. The van der Waals surface area contributed by atoms with Crippen LogP contribution in [0.3, 0.4) is 0 Å². The van der Waals surface area contributed by atoms with Gasteiger partial charge in [-0.2, -0.15) is 0 Å². The van der Waals surface area contributed by atoms with Crippen LogP contribution in [0.25, 0.3) is 0 Å². The van der Waals surface area contributed by atoms with Crippen molar-refractivity contribution in [3.8, 4) is 0 Å². The van der Waals surface area contributed by atoms with Crippen molar-refractivity contribution in [1.82, 2.24) is 15.5 Å². The molecule has 3 rings (SSSR count). The Morgan fingerprint density at radius 1 is 1.08 bits per heavy atom. The molecule has 0 aromatic heterocycles. The molecular weight excluding hydrogens is 478 g/mol. The molecule has 1 aliphatic carbocycles. The van der Waals surface area contributed by atoms with Gasteiger partial charge in [-0.05, 0) is 88.0 Å². The first-order chi connectivity index (χ1) is 17.7. The molecule has 4 atom stereocenters. The van der Waals surface area contributed by atoms with Gasteiger partial charge in [0.25, 0.3) is 5.91 Å². The van der Waals surface area contributed by atoms with Gasteiger partial charge >= 0.3 is 5.97 Å². The number of ether oxygens (including phenoxy) is 1. The normalized spacial score (nSPS) is 24.4. The third-order valence-corrected chi connectivity index (χ3v) is 7.88. The minimum Gasteiger partial charge on any atom is -0.469 e. The van der Waals surface area contributed by atoms with Crippen LogP contribution >= 0.6 is 0 Å². The molecule has 0 unspecified atom stereocenters. The quantitative estimate of drug-likeness (QED) is 0.476. The number of esters is 1. The maximum Gasteiger partial charge on any atom is 0.310 e. The van der Waals surface area contributed by atoms with E-state index in [0.29, 0.717) is 24.9 Å². The molecule has 1 aliphatic heterocycles. The second kappa shape index (κ2) is 12.2. The number of likely N-dealkylation sites (tertiary alicyclic amines) is 1. The first kappa shape index (κ1) is 30.1. The summed E-state index contributed by atoms with van der Waals surface area (Å²) < 4.78 is 5.14. The summed E-state index contributed by atoms with van der Waals surface area (Å²) in [4.78, 5) is 41.3. The van der Waals surface area contributed by atoms with Crippen molar-refractivity contribution in [2.45, 2.75) is 122 Å². The van der Waals surface area contributed by atoms with Gasteiger partial charge in [0.2, 0.25) is 5.91 Å². The SMILES string of the molecule is CCCCc1ccc(C(=O)N[C@H]2CCN([C@H]3CC[C@@H](NC(C)(C)C)C[C@H]3C(=O)OC)C2=O)cc1C(C)(C)C. The van der Waals surface area contributed by atoms with Gasteiger partial charge in [-0.15, -0.1) is 0 Å². The second-order valence-corrected chi connectivity index (χ2v) is 13.2. The van der Waals surface area contributed by atoms with Crippen LogP contribution in [0.5, 0.6) is 0 Å². The van der Waals surface area contributed by atoms with Gasteiger partial charge in [-0.3, -0.25) is 14.4 Å². The standard InChI is InChI=1S/C31H49N3O4/c1-9-10-11-20-12-13-21(18-24(20)30(2,3)4)27(35)32-25-16-17-34(28(25)36)26-15-14-22(33-31(5,6)7)19-23(26)29(37)38-8/h12-13,18,22-23,25-26,33H,9-11,14-17,19H2,1-8H3,(H,32,35)/t22-,23-,25+,26+/m1/s1. The molecule has 1 saturated carbocycles. The minimum atomic E-state index is -0.580. The molecule has 2 amide bonds. The van der Waals surface area contributed by atoms with Gasteiger partial charge in [0.15, 0.2) is 0 Å². The fourth-order valence-corrected chi connectivity index (χ4v) is 6.08. The Hall–Kier alpha value is -2.41. The average Bonchev–Trinajstić information content (AvgIpc) is 3.20. The van der Waals surface area contributed by atoms with Gasteiger partial charge < -0.3 is 20.3 Å². The summed E-state index contributed by atoms with van der Waals surface area (Å²) in [6.07, 6.45) is 6.02. The van der Waals surface area contributed by atoms with Gasteiger partial charge in [-0.1, -0.05) is 40.2 Å². The highest BCUT2D eigenvalue weighted by atomic mass is 16.5. The summed E-state index contributed by atoms with van der Waals surface area (Å²) in [5.41, 5.74) is 2.91. The number of carbonyl (C=O) groups excluding carboxylic acids is 3. The van der Waals surface area contributed by atoms with Crippen LogP contribution in [0.4, 0.5) is 0 Å². The number of hydrogen-bond donors (Lipinski definition) is 2. The van der Waals surface area contributed by atoms with E-state index in [2.05, 4.69) is 65.2 Å². The Balaban J connectivity index is 1.71. The summed E-state index contributed by atoms with van der Waals surface area (Å²) in [6.45, 7) is 15.6. The van der Waals surface area contributed by atoms with E-state index in [9.17, 15) is 14.4 Å². The number of nitrogens with one attached hydrogen (secondary N) is 2. The lowest BCUT2D eigenvalue weighted by atomic mass is 9.80. The lowest BCUT2D eigenvalue weighted by Gasteiger charge is -2.41. The van der Waals surface area contributed by atoms with E-state index < -0.39 is 6.04 Å². The Kier molecular flexibility index (Phi) is 9.66. The average molecular weight is 528 g/mol. The summed E-state index contributed by atoms with van der Waals surface area (Å²) in [7, 11) is 1.41. The molecule has 0 spiro atoms. The van der Waals surface area contributed by atoms with Crippen LogP contribution in [0, 0.1) is 5.92 Å².